The molecule has 0 spiro atoms. The van der Waals surface area contributed by atoms with Crippen molar-refractivity contribution in [1.82, 2.24) is 10.6 Å². The van der Waals surface area contributed by atoms with Crippen LogP contribution in [0.5, 0.6) is 0 Å². The highest BCUT2D eigenvalue weighted by molar-refractivity contribution is 14.0. The van der Waals surface area contributed by atoms with E-state index < -0.39 is 0 Å². The molecule has 0 aromatic heterocycles. The van der Waals surface area contributed by atoms with Crippen molar-refractivity contribution in [2.45, 2.75) is 12.5 Å². The van der Waals surface area contributed by atoms with Crippen LogP contribution in [0, 0.1) is 0 Å². The third kappa shape index (κ3) is 5.16. The minimum absolute atomic E-state index is 0. The van der Waals surface area contributed by atoms with E-state index in [0.717, 1.165) is 36.1 Å². The number of hydrogen-bond donors (Lipinski definition) is 2. The molecule has 0 bridgehead atoms. The molecule has 0 aliphatic carbocycles. The van der Waals surface area contributed by atoms with Crippen LogP contribution in [0.1, 0.15) is 18.1 Å². The van der Waals surface area contributed by atoms with E-state index in [1.54, 1.807) is 7.11 Å². The van der Waals surface area contributed by atoms with Crippen LogP contribution in [0.15, 0.2) is 29.3 Å². The summed E-state index contributed by atoms with van der Waals surface area (Å²) < 4.78 is 5.48. The van der Waals surface area contributed by atoms with Gasteiger partial charge in [0.1, 0.15) is 0 Å². The van der Waals surface area contributed by atoms with E-state index in [1.807, 2.05) is 24.3 Å². The number of hydrogen-bond acceptors (Lipinski definition) is 4. The van der Waals surface area contributed by atoms with Crippen molar-refractivity contribution in [3.8, 4) is 0 Å². The van der Waals surface area contributed by atoms with Crippen LogP contribution in [0.4, 0.5) is 0 Å². The van der Waals surface area contributed by atoms with E-state index in [4.69, 9.17) is 16.3 Å². The van der Waals surface area contributed by atoms with Crippen LogP contribution in [0.3, 0.4) is 0 Å². The normalized spacial score (nSPS) is 15.8. The Hall–Kier alpha value is -0.530. The summed E-state index contributed by atoms with van der Waals surface area (Å²) >= 11 is 5.87. The fourth-order valence-corrected chi connectivity index (χ4v) is 1.98. The van der Waals surface area contributed by atoms with Gasteiger partial charge in [0, 0.05) is 31.8 Å². The Morgan fingerprint density at radius 1 is 1.42 bits per heavy atom. The Morgan fingerprint density at radius 2 is 2.16 bits per heavy atom. The first-order valence-corrected chi connectivity index (χ1v) is 6.48. The summed E-state index contributed by atoms with van der Waals surface area (Å²) in [5.74, 6) is 0.859. The van der Waals surface area contributed by atoms with Gasteiger partial charge in [0.2, 0.25) is 0 Å². The van der Waals surface area contributed by atoms with Crippen LogP contribution in [0.25, 0.3) is 0 Å². The second-order valence-electron chi connectivity index (χ2n) is 4.17. The zero-order valence-corrected chi connectivity index (χ0v) is 13.9. The van der Waals surface area contributed by atoms with Crippen LogP contribution in [-0.2, 0) is 4.74 Å². The minimum Gasteiger partial charge on any atom is -0.375 e. The van der Waals surface area contributed by atoms with Gasteiger partial charge in [-0.1, -0.05) is 23.7 Å². The maximum atomic E-state index is 5.87. The SMILES string of the molecule is COC(CNC1=NCCCN1)c1ccc(Cl)cc1.I. The molecule has 0 saturated heterocycles. The number of nitrogens with zero attached hydrogens (tertiary/aromatic N) is 1. The van der Waals surface area contributed by atoms with E-state index >= 15 is 0 Å². The number of aliphatic imine (C=N–C) groups is 1. The van der Waals surface area contributed by atoms with Gasteiger partial charge in [0.25, 0.3) is 0 Å². The number of guanidine groups is 1. The highest BCUT2D eigenvalue weighted by Crippen LogP contribution is 2.18. The van der Waals surface area contributed by atoms with Crippen LogP contribution < -0.4 is 10.6 Å². The molecule has 0 radical (unpaired) electrons. The van der Waals surface area contributed by atoms with E-state index in [-0.39, 0.29) is 30.1 Å². The lowest BCUT2D eigenvalue weighted by molar-refractivity contribution is 0.106. The van der Waals surface area contributed by atoms with Crippen molar-refractivity contribution >= 4 is 41.5 Å². The first kappa shape index (κ1) is 16.5. The second-order valence-corrected chi connectivity index (χ2v) is 4.60. The number of benzene rings is 1. The minimum atomic E-state index is -0.00584. The zero-order valence-electron chi connectivity index (χ0n) is 10.9. The molecule has 6 heteroatoms. The molecule has 1 atom stereocenters. The van der Waals surface area contributed by atoms with Gasteiger partial charge in [0.05, 0.1) is 6.10 Å². The van der Waals surface area contributed by atoms with E-state index in [2.05, 4.69) is 15.6 Å². The summed E-state index contributed by atoms with van der Waals surface area (Å²) in [4.78, 5) is 4.36. The van der Waals surface area contributed by atoms with Crippen molar-refractivity contribution in [3.05, 3.63) is 34.9 Å². The van der Waals surface area contributed by atoms with Gasteiger partial charge >= 0.3 is 0 Å². The van der Waals surface area contributed by atoms with Gasteiger partial charge in [-0.2, -0.15) is 0 Å². The van der Waals surface area contributed by atoms with Crippen LogP contribution in [0.2, 0.25) is 5.02 Å². The van der Waals surface area contributed by atoms with Crippen molar-refractivity contribution in [1.29, 1.82) is 0 Å². The van der Waals surface area contributed by atoms with Gasteiger partial charge in [-0.05, 0) is 24.1 Å². The highest BCUT2D eigenvalue weighted by atomic mass is 127. The lowest BCUT2D eigenvalue weighted by Crippen LogP contribution is -2.42. The molecule has 1 heterocycles. The highest BCUT2D eigenvalue weighted by Gasteiger charge is 2.12. The molecule has 1 aromatic carbocycles. The topological polar surface area (TPSA) is 45.6 Å². The van der Waals surface area contributed by atoms with E-state index in [0.29, 0.717) is 6.54 Å². The molecule has 0 amide bonds. The molecule has 106 valence electrons. The van der Waals surface area contributed by atoms with Crippen molar-refractivity contribution < 1.29 is 4.74 Å². The van der Waals surface area contributed by atoms with Crippen molar-refractivity contribution in [2.24, 2.45) is 4.99 Å². The average Bonchev–Trinajstić information content (AvgIpc) is 2.42. The van der Waals surface area contributed by atoms with Gasteiger partial charge in [-0.15, -0.1) is 24.0 Å². The molecule has 2 rings (SSSR count). The molecule has 2 N–H and O–H groups in total. The number of methoxy groups -OCH3 is 1. The van der Waals surface area contributed by atoms with Gasteiger partial charge < -0.3 is 15.4 Å². The number of halogens is 2. The summed E-state index contributed by atoms with van der Waals surface area (Å²) in [6.07, 6.45) is 1.09. The monoisotopic (exact) mass is 395 g/mol. The standard InChI is InChI=1S/C13H18ClN3O.HI/c1-18-12(10-3-5-11(14)6-4-10)9-17-13-15-7-2-8-16-13;/h3-6,12H,2,7-9H2,1H3,(H2,15,16,17);1H. The van der Waals surface area contributed by atoms with Crippen molar-refractivity contribution in [3.63, 3.8) is 0 Å². The Kier molecular flexibility index (Phi) is 7.48. The summed E-state index contributed by atoms with van der Waals surface area (Å²) in [7, 11) is 1.71. The first-order chi connectivity index (χ1) is 8.79. The lowest BCUT2D eigenvalue weighted by Gasteiger charge is -2.20. The van der Waals surface area contributed by atoms with Gasteiger partial charge in [-0.25, -0.2) is 0 Å². The zero-order chi connectivity index (χ0) is 12.8. The Bertz CT molecular complexity index is 411. The smallest absolute Gasteiger partial charge is 0.191 e. The quantitative estimate of drug-likeness (QED) is 0.770. The Morgan fingerprint density at radius 3 is 2.74 bits per heavy atom. The van der Waals surface area contributed by atoms with Crippen LogP contribution in [-0.4, -0.2) is 32.7 Å². The molecule has 4 nitrogen and oxygen atoms in total. The van der Waals surface area contributed by atoms with E-state index in [1.165, 1.54) is 0 Å². The fourth-order valence-electron chi connectivity index (χ4n) is 1.86. The molecular weight excluding hydrogens is 377 g/mol. The number of ether oxygens (including phenoxy) is 1. The summed E-state index contributed by atoms with van der Waals surface area (Å²) in [5, 5.41) is 7.22. The number of rotatable bonds is 4. The Labute approximate surface area is 136 Å². The summed E-state index contributed by atoms with van der Waals surface area (Å²) in [6.45, 7) is 2.54. The molecule has 1 unspecified atom stereocenters. The predicted octanol–water partition coefficient (Wildman–Crippen LogP) is 2.58. The van der Waals surface area contributed by atoms with Crippen molar-refractivity contribution in [2.75, 3.05) is 26.7 Å². The average molecular weight is 396 g/mol. The molecule has 0 fully saturated rings. The molecule has 1 aliphatic heterocycles. The van der Waals surface area contributed by atoms with Gasteiger partial charge in [-0.3, -0.25) is 4.99 Å². The third-order valence-corrected chi connectivity index (χ3v) is 3.13. The van der Waals surface area contributed by atoms with E-state index in [9.17, 15) is 0 Å². The third-order valence-electron chi connectivity index (χ3n) is 2.88. The van der Waals surface area contributed by atoms with Crippen LogP contribution >= 0.6 is 35.6 Å². The lowest BCUT2D eigenvalue weighted by atomic mass is 10.1. The Balaban J connectivity index is 0.00000180. The predicted molar refractivity (Wildman–Crippen MR) is 89.5 cm³/mol. The number of nitrogens with one attached hydrogen (secondary N) is 2. The maximum absolute atomic E-state index is 5.87. The molecule has 0 saturated carbocycles. The molecule has 1 aliphatic rings. The summed E-state index contributed by atoms with van der Waals surface area (Å²) in [6, 6.07) is 7.71. The second kappa shape index (κ2) is 8.60. The largest absolute Gasteiger partial charge is 0.375 e. The van der Waals surface area contributed by atoms with Gasteiger partial charge in [0.15, 0.2) is 5.96 Å². The first-order valence-electron chi connectivity index (χ1n) is 6.10. The fraction of sp³-hybridized carbons (Fsp3) is 0.462. The summed E-state index contributed by atoms with van der Waals surface area (Å²) in [5.41, 5.74) is 1.10. The maximum Gasteiger partial charge on any atom is 0.191 e. The molecule has 1 aromatic rings. The molecule has 19 heavy (non-hydrogen) atoms. The molecular formula is C13H19ClIN3O.